The molecule has 10 nitrogen and oxygen atoms in total. The first-order valence-corrected chi connectivity index (χ1v) is 10.2. The van der Waals surface area contributed by atoms with E-state index >= 15 is 0 Å². The Kier molecular flexibility index (Phi) is 4.55. The molecule has 4 rings (SSSR count). The number of nitrogens with two attached hydrogens (primary N) is 1. The van der Waals surface area contributed by atoms with Gasteiger partial charge in [0.15, 0.2) is 0 Å². The molecule has 0 saturated heterocycles. The van der Waals surface area contributed by atoms with Crippen LogP contribution in [0, 0.1) is 0 Å². The van der Waals surface area contributed by atoms with Crippen molar-refractivity contribution in [2.45, 2.75) is 23.2 Å². The van der Waals surface area contributed by atoms with Crippen LogP contribution in [-0.2, 0) is 10.0 Å². The van der Waals surface area contributed by atoms with Gasteiger partial charge in [0.05, 0.1) is 17.6 Å². The second kappa shape index (κ2) is 6.94. The van der Waals surface area contributed by atoms with E-state index < -0.39 is 21.3 Å². The predicted octanol–water partition coefficient (Wildman–Crippen LogP) is 0.447. The molecule has 0 amide bonds. The number of hydrogen-bond acceptors (Lipinski definition) is 7. The third kappa shape index (κ3) is 3.69. The second-order valence-corrected chi connectivity index (χ2v) is 8.30. The number of H-pyrrole nitrogens is 2. The van der Waals surface area contributed by atoms with E-state index in [0.29, 0.717) is 11.6 Å². The molecule has 1 saturated carbocycles. The number of methoxy groups -OCH3 is 1. The molecule has 4 N–H and O–H groups in total. The zero-order valence-electron chi connectivity index (χ0n) is 15.2. The summed E-state index contributed by atoms with van der Waals surface area (Å²) in [5, 5.41) is 13.2. The number of primary sulfonamides is 1. The van der Waals surface area contributed by atoms with Gasteiger partial charge >= 0.3 is 5.69 Å². The maximum Gasteiger partial charge on any atom is 0.325 e. The highest BCUT2D eigenvalue weighted by atomic mass is 32.2. The number of rotatable bonds is 5. The molecule has 0 aliphatic heterocycles. The number of nitrogens with one attached hydrogen (secondary N) is 2. The van der Waals surface area contributed by atoms with Crippen LogP contribution in [-0.4, -0.2) is 35.7 Å². The third-order valence-electron chi connectivity index (χ3n) is 4.90. The number of hydrogen-bond donors (Lipinski definition) is 3. The number of sulfonamides is 1. The Bertz CT molecular complexity index is 1300. The first kappa shape index (κ1) is 19.0. The van der Waals surface area contributed by atoms with Gasteiger partial charge < -0.3 is 9.72 Å². The molecular formula is C18H17N5O5S. The largest absolute Gasteiger partial charge is 0.480 e. The molecule has 1 aliphatic carbocycles. The molecule has 11 heteroatoms. The topological polar surface area (TPSA) is 161 Å². The molecule has 150 valence electrons. The Balaban J connectivity index is 1.67. The van der Waals surface area contributed by atoms with Crippen LogP contribution in [0.3, 0.4) is 0 Å². The van der Waals surface area contributed by atoms with Crippen molar-refractivity contribution >= 4 is 10.0 Å². The summed E-state index contributed by atoms with van der Waals surface area (Å²) in [6.45, 7) is 0. The lowest BCUT2D eigenvalue weighted by Crippen LogP contribution is -2.23. The Morgan fingerprint density at radius 3 is 2.48 bits per heavy atom. The SMILES string of the molecule is COc1nnc(-c2c[nH]c(=O)[nH]c2=O)cc1[C@H]1C[C@@H]1c1ccc(S(N)(=O)=O)cc1. The van der Waals surface area contributed by atoms with Crippen LogP contribution in [0.15, 0.2) is 51.0 Å². The van der Waals surface area contributed by atoms with E-state index in [2.05, 4.69) is 20.2 Å². The molecule has 0 radical (unpaired) electrons. The Morgan fingerprint density at radius 2 is 1.86 bits per heavy atom. The summed E-state index contributed by atoms with van der Waals surface area (Å²) in [7, 11) is -2.26. The minimum absolute atomic E-state index is 0.0567. The molecule has 0 unspecified atom stereocenters. The number of aromatic nitrogens is 4. The minimum atomic E-state index is -3.74. The van der Waals surface area contributed by atoms with Crippen LogP contribution in [0.5, 0.6) is 5.88 Å². The van der Waals surface area contributed by atoms with Gasteiger partial charge in [-0.15, -0.1) is 10.2 Å². The van der Waals surface area contributed by atoms with Gasteiger partial charge in [0, 0.05) is 11.8 Å². The van der Waals surface area contributed by atoms with Crippen molar-refractivity contribution in [2.75, 3.05) is 7.11 Å². The molecule has 1 aliphatic rings. The maximum atomic E-state index is 12.1. The Hall–Kier alpha value is -3.31. The fourth-order valence-corrected chi connectivity index (χ4v) is 3.88. The molecule has 1 fully saturated rings. The van der Waals surface area contributed by atoms with Crippen LogP contribution in [0.4, 0.5) is 0 Å². The zero-order valence-corrected chi connectivity index (χ0v) is 16.1. The molecule has 0 bridgehead atoms. The van der Waals surface area contributed by atoms with E-state index in [1.54, 1.807) is 18.2 Å². The van der Waals surface area contributed by atoms with Gasteiger partial charge in [0.25, 0.3) is 5.56 Å². The van der Waals surface area contributed by atoms with Crippen molar-refractivity contribution in [3.05, 3.63) is 68.5 Å². The van der Waals surface area contributed by atoms with Crippen LogP contribution >= 0.6 is 0 Å². The summed E-state index contributed by atoms with van der Waals surface area (Å²) in [4.78, 5) is 27.9. The summed E-state index contributed by atoms with van der Waals surface area (Å²) in [6.07, 6.45) is 2.09. The van der Waals surface area contributed by atoms with E-state index in [0.717, 1.165) is 17.5 Å². The standard InChI is InChI=1S/C18H17N5O5S/c1-28-17-13(7-15(22-23-17)14-8-20-18(25)21-16(14)24)12-6-11(12)9-2-4-10(5-3-9)29(19,26)27/h2-5,7-8,11-12H,6H2,1H3,(H2,19,26,27)(H2,20,21,24,25)/t11-,12+/m1/s1. The lowest BCUT2D eigenvalue weighted by molar-refractivity contribution is 0.386. The average Bonchev–Trinajstić information content (AvgIpc) is 3.48. The molecule has 2 atom stereocenters. The Morgan fingerprint density at radius 1 is 1.14 bits per heavy atom. The molecular weight excluding hydrogens is 398 g/mol. The van der Waals surface area contributed by atoms with Gasteiger partial charge in [-0.2, -0.15) is 0 Å². The van der Waals surface area contributed by atoms with Crippen LogP contribution < -0.4 is 21.1 Å². The highest BCUT2D eigenvalue weighted by Crippen LogP contribution is 2.56. The molecule has 2 aromatic heterocycles. The normalized spacial score (nSPS) is 18.4. The lowest BCUT2D eigenvalue weighted by Gasteiger charge is -2.09. The van der Waals surface area contributed by atoms with Gasteiger partial charge in [0.1, 0.15) is 5.69 Å². The number of benzene rings is 1. The maximum absolute atomic E-state index is 12.1. The molecule has 29 heavy (non-hydrogen) atoms. The van der Waals surface area contributed by atoms with Crippen LogP contribution in [0.1, 0.15) is 29.4 Å². The van der Waals surface area contributed by atoms with Crippen molar-refractivity contribution in [2.24, 2.45) is 5.14 Å². The van der Waals surface area contributed by atoms with Crippen LogP contribution in [0.25, 0.3) is 11.3 Å². The van der Waals surface area contributed by atoms with Gasteiger partial charge in [-0.05, 0) is 42.0 Å². The Labute approximate surface area is 164 Å². The van der Waals surface area contributed by atoms with Crippen molar-refractivity contribution in [1.29, 1.82) is 0 Å². The molecule has 2 heterocycles. The van der Waals surface area contributed by atoms with Gasteiger partial charge in [0.2, 0.25) is 15.9 Å². The first-order chi connectivity index (χ1) is 13.8. The molecule has 0 spiro atoms. The summed E-state index contributed by atoms with van der Waals surface area (Å²) < 4.78 is 28.2. The van der Waals surface area contributed by atoms with Crippen molar-refractivity contribution in [3.63, 3.8) is 0 Å². The number of ether oxygens (including phenoxy) is 1. The van der Waals surface area contributed by atoms with E-state index in [4.69, 9.17) is 9.88 Å². The van der Waals surface area contributed by atoms with E-state index in [9.17, 15) is 18.0 Å². The van der Waals surface area contributed by atoms with Gasteiger partial charge in [-0.25, -0.2) is 18.4 Å². The van der Waals surface area contributed by atoms with Crippen molar-refractivity contribution in [1.82, 2.24) is 20.2 Å². The van der Waals surface area contributed by atoms with Gasteiger partial charge in [-0.3, -0.25) is 9.78 Å². The monoisotopic (exact) mass is 415 g/mol. The highest BCUT2D eigenvalue weighted by molar-refractivity contribution is 7.89. The summed E-state index contributed by atoms with van der Waals surface area (Å²) in [5.74, 6) is 0.564. The smallest absolute Gasteiger partial charge is 0.325 e. The van der Waals surface area contributed by atoms with Gasteiger partial charge in [-0.1, -0.05) is 12.1 Å². The fraction of sp³-hybridized carbons (Fsp3) is 0.222. The minimum Gasteiger partial charge on any atom is -0.480 e. The van der Waals surface area contributed by atoms with Crippen molar-refractivity contribution in [3.8, 4) is 17.1 Å². The predicted molar refractivity (Wildman–Crippen MR) is 103 cm³/mol. The quantitative estimate of drug-likeness (QED) is 0.545. The second-order valence-electron chi connectivity index (χ2n) is 6.74. The number of nitrogens with zero attached hydrogens (tertiary/aromatic N) is 2. The lowest BCUT2D eigenvalue weighted by atomic mass is 10.0. The first-order valence-electron chi connectivity index (χ1n) is 8.64. The summed E-state index contributed by atoms with van der Waals surface area (Å²) in [6, 6.07) is 8.15. The van der Waals surface area contributed by atoms with Crippen LogP contribution in [0.2, 0.25) is 0 Å². The molecule has 3 aromatic rings. The summed E-state index contributed by atoms with van der Waals surface area (Å²) in [5.41, 5.74) is 1.08. The van der Waals surface area contributed by atoms with E-state index in [1.807, 2.05) is 0 Å². The number of aromatic amines is 2. The fourth-order valence-electron chi connectivity index (χ4n) is 3.36. The summed E-state index contributed by atoms with van der Waals surface area (Å²) >= 11 is 0. The zero-order chi connectivity index (χ0) is 20.8. The highest BCUT2D eigenvalue weighted by Gasteiger charge is 2.42. The third-order valence-corrected chi connectivity index (χ3v) is 5.83. The molecule has 1 aromatic carbocycles. The van der Waals surface area contributed by atoms with E-state index in [-0.39, 0.29) is 22.3 Å². The average molecular weight is 415 g/mol. The van der Waals surface area contributed by atoms with Crippen molar-refractivity contribution < 1.29 is 13.2 Å². The van der Waals surface area contributed by atoms with E-state index in [1.165, 1.54) is 25.4 Å².